The number of halogens is 1. The number of benzene rings is 1. The first-order valence-corrected chi connectivity index (χ1v) is 6.42. The zero-order valence-electron chi connectivity index (χ0n) is 10.4. The van der Waals surface area contributed by atoms with Crippen LogP contribution < -0.4 is 5.73 Å². The molecule has 0 atom stereocenters. The molecule has 1 aliphatic rings. The second-order valence-electron chi connectivity index (χ2n) is 5.47. The minimum absolute atomic E-state index is 0.312. The first-order chi connectivity index (χ1) is 8.57. The highest BCUT2D eigenvalue weighted by Crippen LogP contribution is 2.37. The Morgan fingerprint density at radius 3 is 2.83 bits per heavy atom. The lowest BCUT2D eigenvalue weighted by atomic mass is 9.78. The molecule has 1 aliphatic carbocycles. The topological polar surface area (TPSA) is 52.0 Å². The van der Waals surface area contributed by atoms with Crippen LogP contribution in [-0.4, -0.2) is 4.98 Å². The van der Waals surface area contributed by atoms with Gasteiger partial charge >= 0.3 is 0 Å². The fraction of sp³-hybridized carbons (Fsp3) is 0.500. The highest BCUT2D eigenvalue weighted by atomic mass is 19.1. The highest BCUT2D eigenvalue weighted by molar-refractivity contribution is 5.72. The number of rotatable bonds is 1. The number of nitrogens with zero attached hydrogens (tertiary/aromatic N) is 1. The monoisotopic (exact) mass is 248 g/mol. The summed E-state index contributed by atoms with van der Waals surface area (Å²) in [5.74, 6) is 0.951. The van der Waals surface area contributed by atoms with Gasteiger partial charge < -0.3 is 10.2 Å². The van der Waals surface area contributed by atoms with Crippen molar-refractivity contribution in [2.45, 2.75) is 38.1 Å². The van der Waals surface area contributed by atoms with Crippen molar-refractivity contribution >= 4 is 11.1 Å². The third kappa shape index (κ3) is 1.90. The van der Waals surface area contributed by atoms with Crippen molar-refractivity contribution in [2.24, 2.45) is 11.7 Å². The molecule has 0 bridgehead atoms. The molecule has 3 rings (SSSR count). The van der Waals surface area contributed by atoms with Gasteiger partial charge in [0.15, 0.2) is 5.58 Å². The van der Waals surface area contributed by atoms with Crippen molar-refractivity contribution in [3.05, 3.63) is 29.9 Å². The second-order valence-corrected chi connectivity index (χ2v) is 5.47. The summed E-state index contributed by atoms with van der Waals surface area (Å²) in [7, 11) is 0. The molecule has 1 saturated carbocycles. The van der Waals surface area contributed by atoms with Crippen LogP contribution in [0.25, 0.3) is 11.1 Å². The van der Waals surface area contributed by atoms with E-state index in [-0.39, 0.29) is 5.82 Å². The maximum absolute atomic E-state index is 13.1. The van der Waals surface area contributed by atoms with Gasteiger partial charge in [0.05, 0.1) is 5.54 Å². The van der Waals surface area contributed by atoms with Gasteiger partial charge in [-0.2, -0.15) is 0 Å². The predicted molar refractivity (Wildman–Crippen MR) is 67.5 cm³/mol. The molecule has 2 N–H and O–H groups in total. The molecular weight excluding hydrogens is 231 g/mol. The minimum Gasteiger partial charge on any atom is -0.439 e. The summed E-state index contributed by atoms with van der Waals surface area (Å²) >= 11 is 0. The Morgan fingerprint density at radius 2 is 2.11 bits per heavy atom. The van der Waals surface area contributed by atoms with Crippen LogP contribution in [0, 0.1) is 11.7 Å². The Hall–Kier alpha value is -1.42. The fourth-order valence-corrected chi connectivity index (χ4v) is 2.60. The number of hydrogen-bond donors (Lipinski definition) is 1. The van der Waals surface area contributed by atoms with E-state index in [1.807, 2.05) is 0 Å². The molecule has 1 fully saturated rings. The Labute approximate surface area is 105 Å². The summed E-state index contributed by atoms with van der Waals surface area (Å²) in [4.78, 5) is 4.42. The summed E-state index contributed by atoms with van der Waals surface area (Å²) in [5, 5.41) is 0. The molecule has 0 unspecified atom stereocenters. The predicted octanol–water partition coefficient (Wildman–Crippen LogP) is 3.33. The molecule has 1 heterocycles. The van der Waals surface area contributed by atoms with Crippen LogP contribution >= 0.6 is 0 Å². The van der Waals surface area contributed by atoms with Crippen LogP contribution in [0.4, 0.5) is 4.39 Å². The molecule has 4 heteroatoms. The standard InChI is InChI=1S/C14H17FN2O/c1-9-4-6-14(16,7-5-9)13-17-11-3-2-10(15)8-12(11)18-13/h2-3,8-9H,4-7,16H2,1H3. The lowest BCUT2D eigenvalue weighted by Crippen LogP contribution is -2.40. The molecule has 2 aromatic rings. The smallest absolute Gasteiger partial charge is 0.215 e. The molecular formula is C14H17FN2O. The van der Waals surface area contributed by atoms with Crippen molar-refractivity contribution in [3.8, 4) is 0 Å². The lowest BCUT2D eigenvalue weighted by molar-refractivity contribution is 0.209. The van der Waals surface area contributed by atoms with Gasteiger partial charge in [-0.1, -0.05) is 6.92 Å². The third-order valence-corrected chi connectivity index (χ3v) is 3.94. The van der Waals surface area contributed by atoms with Gasteiger partial charge in [-0.25, -0.2) is 9.37 Å². The minimum atomic E-state index is -0.484. The van der Waals surface area contributed by atoms with Crippen molar-refractivity contribution in [1.29, 1.82) is 0 Å². The van der Waals surface area contributed by atoms with Crippen molar-refractivity contribution in [1.82, 2.24) is 4.98 Å². The normalized spacial score (nSPS) is 28.7. The Kier molecular flexibility index (Phi) is 2.63. The first kappa shape index (κ1) is 11.7. The van der Waals surface area contributed by atoms with E-state index in [1.54, 1.807) is 6.07 Å². The largest absolute Gasteiger partial charge is 0.439 e. The Morgan fingerprint density at radius 1 is 1.39 bits per heavy atom. The molecule has 0 aliphatic heterocycles. The van der Waals surface area contributed by atoms with Gasteiger partial charge in [0.25, 0.3) is 0 Å². The number of oxazole rings is 1. The van der Waals surface area contributed by atoms with E-state index in [2.05, 4.69) is 11.9 Å². The van der Waals surface area contributed by atoms with E-state index in [9.17, 15) is 4.39 Å². The van der Waals surface area contributed by atoms with Gasteiger partial charge in [-0.05, 0) is 43.7 Å². The zero-order chi connectivity index (χ0) is 12.8. The van der Waals surface area contributed by atoms with Crippen molar-refractivity contribution < 1.29 is 8.81 Å². The SMILES string of the molecule is CC1CCC(N)(c2nc3ccc(F)cc3o2)CC1. The van der Waals surface area contributed by atoms with E-state index in [0.717, 1.165) is 25.7 Å². The highest BCUT2D eigenvalue weighted by Gasteiger charge is 2.36. The maximum Gasteiger partial charge on any atom is 0.215 e. The maximum atomic E-state index is 13.1. The van der Waals surface area contributed by atoms with E-state index in [0.29, 0.717) is 22.9 Å². The molecule has 3 nitrogen and oxygen atoms in total. The van der Waals surface area contributed by atoms with Gasteiger partial charge in [0.2, 0.25) is 5.89 Å². The molecule has 0 spiro atoms. The fourth-order valence-electron chi connectivity index (χ4n) is 2.60. The van der Waals surface area contributed by atoms with Crippen LogP contribution in [0.5, 0.6) is 0 Å². The lowest BCUT2D eigenvalue weighted by Gasteiger charge is -2.33. The molecule has 0 saturated heterocycles. The molecule has 0 amide bonds. The molecule has 18 heavy (non-hydrogen) atoms. The number of fused-ring (bicyclic) bond motifs is 1. The van der Waals surface area contributed by atoms with Crippen LogP contribution in [0.3, 0.4) is 0 Å². The van der Waals surface area contributed by atoms with Gasteiger partial charge in [0, 0.05) is 6.07 Å². The summed E-state index contributed by atoms with van der Waals surface area (Å²) < 4.78 is 18.8. The summed E-state index contributed by atoms with van der Waals surface area (Å²) in [5.41, 5.74) is 7.07. The van der Waals surface area contributed by atoms with Gasteiger partial charge in [-0.15, -0.1) is 0 Å². The summed E-state index contributed by atoms with van der Waals surface area (Å²) in [6, 6.07) is 4.38. The van der Waals surface area contributed by atoms with Crippen molar-refractivity contribution in [3.63, 3.8) is 0 Å². The zero-order valence-corrected chi connectivity index (χ0v) is 10.4. The van der Waals surface area contributed by atoms with E-state index in [1.165, 1.54) is 12.1 Å². The third-order valence-electron chi connectivity index (χ3n) is 3.94. The average molecular weight is 248 g/mol. The molecule has 1 aromatic carbocycles. The summed E-state index contributed by atoms with van der Waals surface area (Å²) in [6.07, 6.45) is 3.93. The van der Waals surface area contributed by atoms with E-state index < -0.39 is 5.54 Å². The van der Waals surface area contributed by atoms with Crippen molar-refractivity contribution in [2.75, 3.05) is 0 Å². The first-order valence-electron chi connectivity index (χ1n) is 6.42. The van der Waals surface area contributed by atoms with Crippen LogP contribution in [0.15, 0.2) is 22.6 Å². The molecule has 96 valence electrons. The van der Waals surface area contributed by atoms with Gasteiger partial charge in [0.1, 0.15) is 11.3 Å². The summed E-state index contributed by atoms with van der Waals surface area (Å²) in [6.45, 7) is 2.24. The second kappa shape index (κ2) is 4.05. The molecule has 1 aromatic heterocycles. The Bertz CT molecular complexity index is 570. The molecule has 0 radical (unpaired) electrons. The number of aromatic nitrogens is 1. The quantitative estimate of drug-likeness (QED) is 0.842. The van der Waals surface area contributed by atoms with E-state index >= 15 is 0 Å². The van der Waals surface area contributed by atoms with Crippen LogP contribution in [-0.2, 0) is 5.54 Å². The Balaban J connectivity index is 1.98. The van der Waals surface area contributed by atoms with Crippen LogP contribution in [0.1, 0.15) is 38.5 Å². The van der Waals surface area contributed by atoms with Gasteiger partial charge in [-0.3, -0.25) is 0 Å². The number of nitrogens with two attached hydrogens (primary N) is 1. The van der Waals surface area contributed by atoms with Crippen LogP contribution in [0.2, 0.25) is 0 Å². The average Bonchev–Trinajstić information content (AvgIpc) is 2.77. The number of hydrogen-bond acceptors (Lipinski definition) is 3. The van der Waals surface area contributed by atoms with E-state index in [4.69, 9.17) is 10.2 Å².